The van der Waals surface area contributed by atoms with E-state index < -0.39 is 35.2 Å². The first-order valence-corrected chi connectivity index (χ1v) is 8.24. The molecule has 0 aromatic heterocycles. The number of carbonyl (C=O) groups excluding carboxylic acids is 2. The summed E-state index contributed by atoms with van der Waals surface area (Å²) >= 11 is 0. The van der Waals surface area contributed by atoms with Gasteiger partial charge in [-0.05, 0) is 0 Å². The van der Waals surface area contributed by atoms with E-state index in [1.54, 1.807) is 0 Å². The van der Waals surface area contributed by atoms with Crippen LogP contribution >= 0.6 is 0 Å². The van der Waals surface area contributed by atoms with Crippen molar-refractivity contribution in [3.8, 4) is 0 Å². The number of amides is 2. The van der Waals surface area contributed by atoms with Crippen LogP contribution in [0, 0.1) is 17.5 Å². The van der Waals surface area contributed by atoms with Crippen LogP contribution in [0.5, 0.6) is 0 Å². The molecule has 0 radical (unpaired) electrons. The largest absolute Gasteiger partial charge is 0.379 e. The zero-order valence-electron chi connectivity index (χ0n) is 13.9. The fraction of sp³-hybridized carbons (Fsp3) is 0.500. The monoisotopic (exact) mass is 372 g/mol. The Morgan fingerprint density at radius 2 is 1.88 bits per heavy atom. The number of halogens is 3. The van der Waals surface area contributed by atoms with E-state index in [0.29, 0.717) is 38.4 Å². The van der Waals surface area contributed by atoms with Crippen LogP contribution in [0.2, 0.25) is 0 Å². The average Bonchev–Trinajstić information content (AvgIpc) is 2.60. The van der Waals surface area contributed by atoms with Crippen molar-refractivity contribution in [2.75, 3.05) is 31.6 Å². The lowest BCUT2D eigenvalue weighted by atomic mass is 10.1. The van der Waals surface area contributed by atoms with Crippen molar-refractivity contribution in [2.24, 2.45) is 0 Å². The maximum Gasteiger partial charge on any atom is 0.227 e. The van der Waals surface area contributed by atoms with Gasteiger partial charge in [-0.15, -0.1) is 0 Å². The summed E-state index contributed by atoms with van der Waals surface area (Å²) in [5.41, 5.74) is -0.458. The number of anilines is 1. The summed E-state index contributed by atoms with van der Waals surface area (Å²) in [5.74, 6) is -4.54. The smallest absolute Gasteiger partial charge is 0.227 e. The van der Waals surface area contributed by atoms with Gasteiger partial charge >= 0.3 is 0 Å². The SMILES string of the molecule is O=C(CC1NC(=O)CC(N2CCOCC2)N1)Nc1cc(F)c(F)cc1F. The van der Waals surface area contributed by atoms with E-state index in [9.17, 15) is 22.8 Å². The summed E-state index contributed by atoms with van der Waals surface area (Å²) in [6.07, 6.45) is -0.830. The Balaban J connectivity index is 1.59. The van der Waals surface area contributed by atoms with E-state index in [4.69, 9.17) is 4.74 Å². The van der Waals surface area contributed by atoms with Crippen molar-refractivity contribution in [2.45, 2.75) is 25.2 Å². The van der Waals surface area contributed by atoms with Crippen LogP contribution < -0.4 is 16.0 Å². The van der Waals surface area contributed by atoms with Gasteiger partial charge in [-0.25, -0.2) is 13.2 Å². The third-order valence-corrected chi connectivity index (χ3v) is 4.27. The van der Waals surface area contributed by atoms with Crippen molar-refractivity contribution in [1.82, 2.24) is 15.5 Å². The Labute approximate surface area is 147 Å². The standard InChI is InChI=1S/C16H19F3N4O3/c17-9-5-11(19)12(6-10(9)18)20-15(24)7-13-21-14(8-16(25)22-13)23-1-3-26-4-2-23/h5-6,13-14,21H,1-4,7-8H2,(H,20,24)(H,22,25). The van der Waals surface area contributed by atoms with E-state index in [1.165, 1.54) is 0 Å². The van der Waals surface area contributed by atoms with Gasteiger partial charge < -0.3 is 15.4 Å². The second kappa shape index (κ2) is 8.02. The quantitative estimate of drug-likeness (QED) is 0.672. The van der Waals surface area contributed by atoms with Crippen molar-refractivity contribution in [3.05, 3.63) is 29.6 Å². The van der Waals surface area contributed by atoms with Gasteiger partial charge in [0.1, 0.15) is 5.82 Å². The highest BCUT2D eigenvalue weighted by molar-refractivity contribution is 5.91. The minimum absolute atomic E-state index is 0.189. The molecule has 2 heterocycles. The first-order chi connectivity index (χ1) is 12.4. The van der Waals surface area contributed by atoms with Crippen molar-refractivity contribution >= 4 is 17.5 Å². The number of morpholine rings is 1. The van der Waals surface area contributed by atoms with Crippen molar-refractivity contribution < 1.29 is 27.5 Å². The molecule has 0 spiro atoms. The van der Waals surface area contributed by atoms with E-state index in [-0.39, 0.29) is 24.9 Å². The third-order valence-electron chi connectivity index (χ3n) is 4.27. The van der Waals surface area contributed by atoms with Gasteiger partial charge in [0.2, 0.25) is 11.8 Å². The summed E-state index contributed by atoms with van der Waals surface area (Å²) in [4.78, 5) is 26.1. The molecule has 10 heteroatoms. The number of benzene rings is 1. The number of rotatable bonds is 4. The van der Waals surface area contributed by atoms with Crippen LogP contribution in [-0.4, -0.2) is 55.3 Å². The molecular formula is C16H19F3N4O3. The molecule has 2 fully saturated rings. The van der Waals surface area contributed by atoms with Crippen LogP contribution in [0.25, 0.3) is 0 Å². The molecular weight excluding hydrogens is 353 g/mol. The minimum Gasteiger partial charge on any atom is -0.379 e. The summed E-state index contributed by atoms with van der Waals surface area (Å²) in [7, 11) is 0. The summed E-state index contributed by atoms with van der Waals surface area (Å²) in [6.45, 7) is 2.48. The number of nitrogens with zero attached hydrogens (tertiary/aromatic N) is 1. The molecule has 2 atom stereocenters. The first-order valence-electron chi connectivity index (χ1n) is 8.24. The molecule has 0 aliphatic carbocycles. The maximum absolute atomic E-state index is 13.6. The molecule has 0 bridgehead atoms. The van der Waals surface area contributed by atoms with Crippen LogP contribution in [0.15, 0.2) is 12.1 Å². The molecule has 2 amide bonds. The minimum atomic E-state index is -1.34. The normalized spacial score (nSPS) is 24.2. The predicted octanol–water partition coefficient (Wildman–Crippen LogP) is 0.526. The summed E-state index contributed by atoms with van der Waals surface area (Å²) in [6, 6.07) is 0.937. The average molecular weight is 372 g/mol. The topological polar surface area (TPSA) is 82.7 Å². The molecule has 3 rings (SSSR count). The molecule has 3 N–H and O–H groups in total. The Morgan fingerprint density at radius 3 is 2.62 bits per heavy atom. The maximum atomic E-state index is 13.6. The van der Waals surface area contributed by atoms with E-state index in [0.717, 1.165) is 0 Å². The van der Waals surface area contributed by atoms with E-state index in [1.807, 2.05) is 0 Å². The summed E-state index contributed by atoms with van der Waals surface area (Å²) < 4.78 is 45.0. The van der Waals surface area contributed by atoms with Crippen LogP contribution in [-0.2, 0) is 14.3 Å². The Hall–Kier alpha value is -2.17. The number of carbonyl (C=O) groups is 2. The van der Waals surface area contributed by atoms with Gasteiger partial charge in [0, 0.05) is 25.2 Å². The van der Waals surface area contributed by atoms with Crippen LogP contribution in [0.1, 0.15) is 12.8 Å². The fourth-order valence-electron chi connectivity index (χ4n) is 3.00. The number of hydrogen-bond acceptors (Lipinski definition) is 5. The lowest BCUT2D eigenvalue weighted by Gasteiger charge is -2.40. The lowest BCUT2D eigenvalue weighted by Crippen LogP contribution is -2.63. The molecule has 2 saturated heterocycles. The first kappa shape index (κ1) is 18.6. The lowest BCUT2D eigenvalue weighted by molar-refractivity contribution is -0.128. The van der Waals surface area contributed by atoms with Gasteiger partial charge in [-0.1, -0.05) is 0 Å². The molecule has 2 unspecified atom stereocenters. The molecule has 26 heavy (non-hydrogen) atoms. The van der Waals surface area contributed by atoms with Gasteiger partial charge in [0.25, 0.3) is 0 Å². The molecule has 2 aliphatic rings. The highest BCUT2D eigenvalue weighted by Gasteiger charge is 2.31. The number of ether oxygens (including phenoxy) is 1. The van der Waals surface area contributed by atoms with Gasteiger partial charge in [0.05, 0.1) is 44.1 Å². The predicted molar refractivity (Wildman–Crippen MR) is 85.4 cm³/mol. The van der Waals surface area contributed by atoms with Crippen molar-refractivity contribution in [3.63, 3.8) is 0 Å². The van der Waals surface area contributed by atoms with Crippen LogP contribution in [0.3, 0.4) is 0 Å². The van der Waals surface area contributed by atoms with E-state index in [2.05, 4.69) is 20.9 Å². The Morgan fingerprint density at radius 1 is 1.19 bits per heavy atom. The van der Waals surface area contributed by atoms with Gasteiger partial charge in [-0.2, -0.15) is 0 Å². The van der Waals surface area contributed by atoms with Crippen molar-refractivity contribution in [1.29, 1.82) is 0 Å². The molecule has 1 aromatic rings. The van der Waals surface area contributed by atoms with E-state index >= 15 is 0 Å². The highest BCUT2D eigenvalue weighted by atomic mass is 19.2. The Kier molecular flexibility index (Phi) is 5.74. The van der Waals surface area contributed by atoms with Gasteiger partial charge in [-0.3, -0.25) is 19.8 Å². The molecule has 2 aliphatic heterocycles. The third kappa shape index (κ3) is 4.51. The molecule has 0 saturated carbocycles. The molecule has 7 nitrogen and oxygen atoms in total. The Bertz CT molecular complexity index is 698. The second-order valence-corrected chi connectivity index (χ2v) is 6.15. The molecule has 1 aromatic carbocycles. The highest BCUT2D eigenvalue weighted by Crippen LogP contribution is 2.19. The second-order valence-electron chi connectivity index (χ2n) is 6.15. The zero-order valence-corrected chi connectivity index (χ0v) is 13.9. The fourth-order valence-corrected chi connectivity index (χ4v) is 3.00. The number of hydrogen-bond donors (Lipinski definition) is 3. The summed E-state index contributed by atoms with van der Waals surface area (Å²) in [5, 5.41) is 7.99. The zero-order chi connectivity index (χ0) is 18.7. The molecule has 142 valence electrons. The van der Waals surface area contributed by atoms with Crippen LogP contribution in [0.4, 0.5) is 18.9 Å². The number of nitrogens with one attached hydrogen (secondary N) is 3. The van der Waals surface area contributed by atoms with Gasteiger partial charge in [0.15, 0.2) is 11.6 Å².